The molecule has 0 radical (unpaired) electrons. The standard InChI is InChI=1S/C29H33N5O4S/c1-4-37-23-8-6-5-7-22(23)27-20(2)26-28(39-27)29(31-19-30-26)33-32-18-21-9-10-24(25(17-21)35-3)38-16-13-34-11-14-36-15-12-34/h5-10,17-19H,4,11-16H2,1-3H3,(H,30,31,33). The second kappa shape index (κ2) is 12.9. The van der Waals surface area contributed by atoms with Crippen molar-refractivity contribution in [2.75, 3.05) is 58.6 Å². The average Bonchev–Trinajstić information content (AvgIpc) is 3.31. The van der Waals surface area contributed by atoms with Gasteiger partial charge in [-0.15, -0.1) is 11.3 Å². The van der Waals surface area contributed by atoms with Gasteiger partial charge in [0.1, 0.15) is 18.7 Å². The minimum atomic E-state index is 0.590. The van der Waals surface area contributed by atoms with Crippen molar-refractivity contribution in [3.05, 3.63) is 59.9 Å². The summed E-state index contributed by atoms with van der Waals surface area (Å²) in [5, 5.41) is 4.45. The smallest absolute Gasteiger partial charge is 0.167 e. The zero-order valence-corrected chi connectivity index (χ0v) is 23.3. The second-order valence-corrected chi connectivity index (χ2v) is 9.99. The molecule has 10 heteroatoms. The van der Waals surface area contributed by atoms with Crippen LogP contribution < -0.4 is 19.6 Å². The number of hydrogen-bond donors (Lipinski definition) is 1. The normalized spacial score (nSPS) is 14.1. The Labute approximate surface area is 232 Å². The van der Waals surface area contributed by atoms with Gasteiger partial charge in [0.15, 0.2) is 17.3 Å². The van der Waals surface area contributed by atoms with Gasteiger partial charge in [0.2, 0.25) is 0 Å². The number of anilines is 1. The fraction of sp³-hybridized carbons (Fsp3) is 0.345. The molecule has 2 aromatic heterocycles. The molecule has 0 spiro atoms. The maximum atomic E-state index is 5.99. The van der Waals surface area contributed by atoms with Gasteiger partial charge in [-0.1, -0.05) is 12.1 Å². The van der Waals surface area contributed by atoms with Crippen LogP contribution in [0, 0.1) is 6.92 Å². The number of nitrogens with zero attached hydrogens (tertiary/aromatic N) is 4. The lowest BCUT2D eigenvalue weighted by Crippen LogP contribution is -2.38. The summed E-state index contributed by atoms with van der Waals surface area (Å²) in [6, 6.07) is 13.8. The highest BCUT2D eigenvalue weighted by atomic mass is 32.1. The Kier molecular flexibility index (Phi) is 8.87. The van der Waals surface area contributed by atoms with Crippen LogP contribution >= 0.6 is 11.3 Å². The number of nitrogens with one attached hydrogen (secondary N) is 1. The number of rotatable bonds is 11. The first-order valence-electron chi connectivity index (χ1n) is 13.0. The van der Waals surface area contributed by atoms with Crippen LogP contribution in [0.4, 0.5) is 5.82 Å². The Morgan fingerprint density at radius 2 is 1.92 bits per heavy atom. The van der Waals surface area contributed by atoms with Crippen LogP contribution in [0.15, 0.2) is 53.9 Å². The summed E-state index contributed by atoms with van der Waals surface area (Å²) in [7, 11) is 1.64. The average molecular weight is 548 g/mol. The maximum Gasteiger partial charge on any atom is 0.167 e. The molecule has 204 valence electrons. The third kappa shape index (κ3) is 6.30. The number of para-hydroxylation sites is 1. The molecule has 9 nitrogen and oxygen atoms in total. The number of hydrazone groups is 1. The quantitative estimate of drug-likeness (QED) is 0.202. The molecular formula is C29H33N5O4S. The van der Waals surface area contributed by atoms with Gasteiger partial charge in [0.25, 0.3) is 0 Å². The third-order valence-electron chi connectivity index (χ3n) is 6.48. The van der Waals surface area contributed by atoms with Crippen LogP contribution in [-0.2, 0) is 4.74 Å². The zero-order valence-electron chi connectivity index (χ0n) is 22.5. The number of ether oxygens (including phenoxy) is 4. The van der Waals surface area contributed by atoms with E-state index in [4.69, 9.17) is 18.9 Å². The van der Waals surface area contributed by atoms with Crippen molar-refractivity contribution in [3.8, 4) is 27.7 Å². The van der Waals surface area contributed by atoms with Crippen LogP contribution in [-0.4, -0.2) is 74.3 Å². The van der Waals surface area contributed by atoms with Crippen LogP contribution in [0.5, 0.6) is 17.2 Å². The Bertz CT molecular complexity index is 1430. The van der Waals surface area contributed by atoms with E-state index in [1.54, 1.807) is 31.0 Å². The van der Waals surface area contributed by atoms with Crippen LogP contribution in [0.1, 0.15) is 18.1 Å². The molecule has 0 amide bonds. The van der Waals surface area contributed by atoms with E-state index in [2.05, 4.69) is 38.4 Å². The molecule has 1 fully saturated rings. The Morgan fingerprint density at radius 3 is 2.74 bits per heavy atom. The van der Waals surface area contributed by atoms with Crippen molar-refractivity contribution in [2.24, 2.45) is 5.10 Å². The fourth-order valence-electron chi connectivity index (χ4n) is 4.46. The van der Waals surface area contributed by atoms with Gasteiger partial charge in [-0.25, -0.2) is 9.97 Å². The molecule has 5 rings (SSSR count). The summed E-state index contributed by atoms with van der Waals surface area (Å²) in [4.78, 5) is 12.4. The molecule has 1 aliphatic heterocycles. The van der Waals surface area contributed by atoms with Crippen molar-refractivity contribution in [1.29, 1.82) is 0 Å². The van der Waals surface area contributed by atoms with E-state index < -0.39 is 0 Å². The topological polar surface area (TPSA) is 90.3 Å². The summed E-state index contributed by atoms with van der Waals surface area (Å²) in [5.74, 6) is 2.89. The van der Waals surface area contributed by atoms with Crippen molar-refractivity contribution < 1.29 is 18.9 Å². The monoisotopic (exact) mass is 547 g/mol. The first-order valence-corrected chi connectivity index (χ1v) is 13.9. The summed E-state index contributed by atoms with van der Waals surface area (Å²) in [5.41, 5.74) is 7.01. The Hall–Kier alpha value is -3.73. The van der Waals surface area contributed by atoms with Gasteiger partial charge in [0.05, 0.1) is 43.4 Å². The summed E-state index contributed by atoms with van der Waals surface area (Å²) in [6.45, 7) is 9.55. The molecule has 3 heterocycles. The van der Waals surface area contributed by atoms with Gasteiger partial charge in [-0.2, -0.15) is 5.10 Å². The summed E-state index contributed by atoms with van der Waals surface area (Å²) in [6.07, 6.45) is 3.30. The van der Waals surface area contributed by atoms with Crippen molar-refractivity contribution in [1.82, 2.24) is 14.9 Å². The highest BCUT2D eigenvalue weighted by Crippen LogP contribution is 2.43. The number of aromatic nitrogens is 2. The van der Waals surface area contributed by atoms with Crippen LogP contribution in [0.3, 0.4) is 0 Å². The molecule has 0 saturated carbocycles. The number of thiophene rings is 1. The molecule has 0 aliphatic carbocycles. The Balaban J connectivity index is 1.29. The molecule has 1 saturated heterocycles. The number of morpholine rings is 1. The first kappa shape index (κ1) is 26.9. The molecule has 39 heavy (non-hydrogen) atoms. The predicted molar refractivity (Wildman–Crippen MR) is 156 cm³/mol. The maximum absolute atomic E-state index is 5.99. The second-order valence-electron chi connectivity index (χ2n) is 8.97. The number of methoxy groups -OCH3 is 1. The molecule has 0 atom stereocenters. The zero-order chi connectivity index (χ0) is 27.0. The van der Waals surface area contributed by atoms with Gasteiger partial charge < -0.3 is 18.9 Å². The summed E-state index contributed by atoms with van der Waals surface area (Å²) < 4.78 is 23.8. The minimum Gasteiger partial charge on any atom is -0.493 e. The highest BCUT2D eigenvalue weighted by Gasteiger charge is 2.18. The number of hydrogen-bond acceptors (Lipinski definition) is 10. The predicted octanol–water partition coefficient (Wildman–Crippen LogP) is 5.23. The third-order valence-corrected chi connectivity index (χ3v) is 7.80. The summed E-state index contributed by atoms with van der Waals surface area (Å²) >= 11 is 1.63. The first-order chi connectivity index (χ1) is 19.2. The van der Waals surface area contributed by atoms with E-state index in [0.717, 1.165) is 70.4 Å². The van der Waals surface area contributed by atoms with E-state index in [0.29, 0.717) is 30.5 Å². The highest BCUT2D eigenvalue weighted by molar-refractivity contribution is 7.23. The lowest BCUT2D eigenvalue weighted by atomic mass is 10.1. The molecular weight excluding hydrogens is 514 g/mol. The van der Waals surface area contributed by atoms with Crippen molar-refractivity contribution in [2.45, 2.75) is 13.8 Å². The largest absolute Gasteiger partial charge is 0.493 e. The fourth-order valence-corrected chi connectivity index (χ4v) is 5.69. The van der Waals surface area contributed by atoms with Gasteiger partial charge in [0, 0.05) is 30.1 Å². The lowest BCUT2D eigenvalue weighted by Gasteiger charge is -2.26. The van der Waals surface area contributed by atoms with Gasteiger partial charge in [-0.3, -0.25) is 10.3 Å². The number of benzene rings is 2. The Morgan fingerprint density at radius 1 is 1.08 bits per heavy atom. The van der Waals surface area contributed by atoms with Crippen LogP contribution in [0.25, 0.3) is 20.7 Å². The SMILES string of the molecule is CCOc1ccccc1-c1sc2c(NN=Cc3ccc(OCCN4CCOCC4)c(OC)c3)ncnc2c1C. The van der Waals surface area contributed by atoms with Crippen molar-refractivity contribution in [3.63, 3.8) is 0 Å². The van der Waals surface area contributed by atoms with Gasteiger partial charge >= 0.3 is 0 Å². The van der Waals surface area contributed by atoms with E-state index in [1.807, 2.05) is 43.3 Å². The number of fused-ring (bicyclic) bond motifs is 1. The van der Waals surface area contributed by atoms with Gasteiger partial charge in [-0.05, 0) is 55.3 Å². The molecule has 2 aromatic carbocycles. The number of aryl methyl sites for hydroxylation is 1. The molecule has 0 bridgehead atoms. The molecule has 0 unspecified atom stereocenters. The van der Waals surface area contributed by atoms with E-state index >= 15 is 0 Å². The van der Waals surface area contributed by atoms with E-state index in [-0.39, 0.29) is 0 Å². The molecule has 1 aliphatic rings. The molecule has 4 aromatic rings. The lowest BCUT2D eigenvalue weighted by molar-refractivity contribution is 0.0321. The molecule has 1 N–H and O–H groups in total. The minimum absolute atomic E-state index is 0.590. The van der Waals surface area contributed by atoms with Crippen LogP contribution in [0.2, 0.25) is 0 Å². The van der Waals surface area contributed by atoms with Crippen molar-refractivity contribution >= 4 is 33.6 Å². The van der Waals surface area contributed by atoms with E-state index in [1.165, 1.54) is 0 Å². The van der Waals surface area contributed by atoms with E-state index in [9.17, 15) is 0 Å².